The molecule has 0 saturated heterocycles. The Bertz CT molecular complexity index is 1400. The van der Waals surface area contributed by atoms with E-state index >= 15 is 0 Å². The van der Waals surface area contributed by atoms with Crippen molar-refractivity contribution in [3.63, 3.8) is 0 Å². The van der Waals surface area contributed by atoms with Crippen LogP contribution in [0.3, 0.4) is 0 Å². The van der Waals surface area contributed by atoms with Gasteiger partial charge in [-0.05, 0) is 74.9 Å². The van der Waals surface area contributed by atoms with E-state index in [1.807, 2.05) is 73.7 Å². The van der Waals surface area contributed by atoms with Gasteiger partial charge in [-0.1, -0.05) is 60.7 Å². The molecule has 3 N–H and O–H groups in total. The molecule has 1 heterocycles. The van der Waals surface area contributed by atoms with Crippen molar-refractivity contribution in [2.24, 2.45) is 0 Å². The van der Waals surface area contributed by atoms with Crippen LogP contribution in [0.25, 0.3) is 10.8 Å². The number of carbonyl (C=O) groups is 2. The molecule has 0 saturated carbocycles. The molecule has 2 amide bonds. The predicted octanol–water partition coefficient (Wildman–Crippen LogP) is 5.92. The van der Waals surface area contributed by atoms with Gasteiger partial charge >= 0.3 is 0 Å². The van der Waals surface area contributed by atoms with Gasteiger partial charge in [0.1, 0.15) is 11.7 Å². The Morgan fingerprint density at radius 3 is 2.30 bits per heavy atom. The topological polar surface area (TPSA) is 83.1 Å². The molecule has 7 heteroatoms. The number of nitrogens with one attached hydrogen (secondary N) is 3. The molecule has 190 valence electrons. The van der Waals surface area contributed by atoms with E-state index in [0.29, 0.717) is 12.1 Å². The van der Waals surface area contributed by atoms with E-state index in [0.717, 1.165) is 26.9 Å². The van der Waals surface area contributed by atoms with Crippen LogP contribution in [0.15, 0.2) is 89.8 Å². The van der Waals surface area contributed by atoms with Crippen LogP contribution in [-0.2, 0) is 11.2 Å². The van der Waals surface area contributed by atoms with Crippen molar-refractivity contribution < 1.29 is 9.59 Å². The molecular weight excluding hydrogens is 480 g/mol. The minimum atomic E-state index is -0.785. The second-order valence-electron chi connectivity index (χ2n) is 9.98. The summed E-state index contributed by atoms with van der Waals surface area (Å²) in [7, 11) is 0. The lowest BCUT2D eigenvalue weighted by Gasteiger charge is -2.21. The van der Waals surface area contributed by atoms with Gasteiger partial charge in [0.15, 0.2) is 0 Å². The monoisotopic (exact) mass is 512 g/mol. The lowest BCUT2D eigenvalue weighted by Crippen LogP contribution is -2.45. The van der Waals surface area contributed by atoms with Gasteiger partial charge in [-0.2, -0.15) is 0 Å². The van der Waals surface area contributed by atoms with E-state index in [9.17, 15) is 9.59 Å². The van der Waals surface area contributed by atoms with Crippen molar-refractivity contribution >= 4 is 40.2 Å². The summed E-state index contributed by atoms with van der Waals surface area (Å²) in [4.78, 5) is 32.0. The first-order valence-electron chi connectivity index (χ1n) is 12.2. The van der Waals surface area contributed by atoms with E-state index in [4.69, 9.17) is 0 Å². The Labute approximate surface area is 222 Å². The van der Waals surface area contributed by atoms with Crippen molar-refractivity contribution in [3.05, 3.63) is 102 Å². The number of nitrogens with zero attached hydrogens (tertiary/aromatic N) is 1. The summed E-state index contributed by atoms with van der Waals surface area (Å²) in [5, 5.41) is 7.94. The van der Waals surface area contributed by atoms with Crippen LogP contribution in [0.5, 0.6) is 0 Å². The fourth-order valence-corrected chi connectivity index (χ4v) is 4.72. The van der Waals surface area contributed by atoms with Gasteiger partial charge in [0.2, 0.25) is 5.91 Å². The molecule has 3 aromatic carbocycles. The van der Waals surface area contributed by atoms with Crippen LogP contribution in [0.2, 0.25) is 0 Å². The van der Waals surface area contributed by atoms with Crippen molar-refractivity contribution in [3.8, 4) is 0 Å². The zero-order chi connectivity index (χ0) is 26.4. The van der Waals surface area contributed by atoms with Gasteiger partial charge in [-0.25, -0.2) is 4.98 Å². The Morgan fingerprint density at radius 2 is 1.57 bits per heavy atom. The molecule has 1 atom stereocenters. The number of aromatic nitrogens is 1. The first-order valence-corrected chi connectivity index (χ1v) is 13.1. The maximum Gasteiger partial charge on any atom is 0.270 e. The number of pyridine rings is 1. The van der Waals surface area contributed by atoms with Gasteiger partial charge in [0.25, 0.3) is 5.91 Å². The minimum Gasteiger partial charge on any atom is -0.339 e. The first-order chi connectivity index (χ1) is 17.7. The third-order valence-corrected chi connectivity index (χ3v) is 6.92. The second-order valence-corrected chi connectivity index (χ2v) is 10.8. The van der Waals surface area contributed by atoms with Gasteiger partial charge in [0, 0.05) is 33.6 Å². The summed E-state index contributed by atoms with van der Waals surface area (Å²) in [6, 6.07) is 26.0. The summed E-state index contributed by atoms with van der Waals surface area (Å²) >= 11 is 1.57. The average Bonchev–Trinajstić information content (AvgIpc) is 2.87. The molecule has 37 heavy (non-hydrogen) atoms. The highest BCUT2D eigenvalue weighted by Gasteiger charge is 2.23. The van der Waals surface area contributed by atoms with Gasteiger partial charge in [0.05, 0.1) is 0 Å². The van der Waals surface area contributed by atoms with Gasteiger partial charge in [-0.3, -0.25) is 14.3 Å². The van der Waals surface area contributed by atoms with Crippen LogP contribution >= 0.6 is 11.9 Å². The molecule has 0 fully saturated rings. The SMILES string of the molecule is Cc1cccc(C(=O)N[C@@H](Cc2ccccc2)C(=O)Nc2cccc3c(SNC(C)(C)C)cccc23)n1. The predicted molar refractivity (Wildman–Crippen MR) is 152 cm³/mol. The molecule has 0 unspecified atom stereocenters. The number of aryl methyl sites for hydroxylation is 1. The molecule has 4 rings (SSSR count). The Kier molecular flexibility index (Phi) is 8.26. The average molecular weight is 513 g/mol. The van der Waals surface area contributed by atoms with Crippen molar-refractivity contribution in [1.82, 2.24) is 15.0 Å². The standard InChI is InChI=1S/C30H32N4O2S/c1-20-11-8-17-25(31-20)28(35)33-26(19-21-12-6-5-7-13-21)29(36)32-24-16-9-15-23-22(24)14-10-18-27(23)37-34-30(2,3)4/h5-18,26,34H,19H2,1-4H3,(H,32,36)(H,33,35)/t26-/m0/s1. The Morgan fingerprint density at radius 1 is 0.865 bits per heavy atom. The van der Waals surface area contributed by atoms with E-state index in [-0.39, 0.29) is 23.0 Å². The number of carbonyl (C=O) groups excluding carboxylic acids is 2. The minimum absolute atomic E-state index is 0.0479. The van der Waals surface area contributed by atoms with Crippen LogP contribution in [-0.4, -0.2) is 28.4 Å². The normalized spacial score (nSPS) is 12.2. The fourth-order valence-electron chi connectivity index (χ4n) is 3.87. The molecule has 0 aliphatic carbocycles. The number of hydrogen-bond donors (Lipinski definition) is 3. The molecule has 4 aromatic rings. The molecule has 1 aromatic heterocycles. The summed E-state index contributed by atoms with van der Waals surface area (Å²) in [6.07, 6.45) is 0.353. The third kappa shape index (κ3) is 7.18. The number of amides is 2. The van der Waals surface area contributed by atoms with Crippen molar-refractivity contribution in [2.75, 3.05) is 5.32 Å². The third-order valence-electron chi connectivity index (χ3n) is 5.63. The molecule has 0 radical (unpaired) electrons. The zero-order valence-corrected chi connectivity index (χ0v) is 22.4. The van der Waals surface area contributed by atoms with Crippen molar-refractivity contribution in [1.29, 1.82) is 0 Å². The lowest BCUT2D eigenvalue weighted by atomic mass is 10.0. The molecule has 0 bridgehead atoms. The van der Waals surface area contributed by atoms with Crippen LogP contribution in [0, 0.1) is 6.92 Å². The Balaban J connectivity index is 1.60. The molecule has 0 aliphatic rings. The highest BCUT2D eigenvalue weighted by molar-refractivity contribution is 7.97. The molecule has 0 aliphatic heterocycles. The number of benzene rings is 3. The number of hydrogen-bond acceptors (Lipinski definition) is 5. The highest BCUT2D eigenvalue weighted by atomic mass is 32.2. The van der Waals surface area contributed by atoms with Crippen LogP contribution in [0.1, 0.15) is 42.5 Å². The lowest BCUT2D eigenvalue weighted by molar-refractivity contribution is -0.118. The van der Waals surface area contributed by atoms with Gasteiger partial charge < -0.3 is 10.6 Å². The van der Waals surface area contributed by atoms with Crippen LogP contribution < -0.4 is 15.4 Å². The fraction of sp³-hybridized carbons (Fsp3) is 0.233. The maximum atomic E-state index is 13.6. The highest BCUT2D eigenvalue weighted by Crippen LogP contribution is 2.32. The van der Waals surface area contributed by atoms with Crippen molar-refractivity contribution in [2.45, 2.75) is 50.6 Å². The number of fused-ring (bicyclic) bond motifs is 1. The smallest absolute Gasteiger partial charge is 0.270 e. The van der Waals surface area contributed by atoms with E-state index in [1.54, 1.807) is 24.1 Å². The van der Waals surface area contributed by atoms with Crippen LogP contribution in [0.4, 0.5) is 5.69 Å². The number of anilines is 1. The molecule has 6 nitrogen and oxygen atoms in total. The van der Waals surface area contributed by atoms with Gasteiger partial charge in [-0.15, -0.1) is 0 Å². The summed E-state index contributed by atoms with van der Waals surface area (Å²) in [5.74, 6) is -0.673. The van der Waals surface area contributed by atoms with E-state index in [1.165, 1.54) is 0 Å². The molecular formula is C30H32N4O2S. The van der Waals surface area contributed by atoms with E-state index < -0.39 is 6.04 Å². The quantitative estimate of drug-likeness (QED) is 0.255. The summed E-state index contributed by atoms with van der Waals surface area (Å²) < 4.78 is 3.45. The largest absolute Gasteiger partial charge is 0.339 e. The maximum absolute atomic E-state index is 13.6. The Hall–Kier alpha value is -3.68. The molecule has 0 spiro atoms. The zero-order valence-electron chi connectivity index (χ0n) is 21.5. The first kappa shape index (κ1) is 26.4. The van der Waals surface area contributed by atoms with E-state index in [2.05, 4.69) is 47.2 Å². The summed E-state index contributed by atoms with van der Waals surface area (Å²) in [6.45, 7) is 8.17. The number of rotatable bonds is 8. The summed E-state index contributed by atoms with van der Waals surface area (Å²) in [5.41, 5.74) is 2.62. The second kappa shape index (κ2) is 11.6.